The summed E-state index contributed by atoms with van der Waals surface area (Å²) >= 11 is 0. The van der Waals surface area contributed by atoms with Gasteiger partial charge in [-0.2, -0.15) is 0 Å². The van der Waals surface area contributed by atoms with Gasteiger partial charge < -0.3 is 20.6 Å². The highest BCUT2D eigenvalue weighted by Crippen LogP contribution is 2.16. The van der Waals surface area contributed by atoms with E-state index in [1.807, 2.05) is 0 Å². The van der Waals surface area contributed by atoms with Crippen LogP contribution in [0.5, 0.6) is 5.75 Å². The van der Waals surface area contributed by atoms with E-state index in [0.29, 0.717) is 0 Å². The first-order valence-electron chi connectivity index (χ1n) is 5.69. The maximum Gasteiger partial charge on any atom is 0.408 e. The fourth-order valence-corrected chi connectivity index (χ4v) is 1.19. The Morgan fingerprint density at radius 1 is 1.37 bits per heavy atom. The first-order valence-corrected chi connectivity index (χ1v) is 5.69. The van der Waals surface area contributed by atoms with Crippen molar-refractivity contribution in [2.45, 2.75) is 26.4 Å². The molecule has 1 aromatic rings. The Hall–Kier alpha value is -2.02. The molecule has 0 heterocycles. The largest absolute Gasteiger partial charge is 0.444 e. The van der Waals surface area contributed by atoms with E-state index in [4.69, 9.17) is 15.3 Å². The van der Waals surface area contributed by atoms with E-state index in [1.54, 1.807) is 20.8 Å². The molecule has 7 heteroatoms. The maximum absolute atomic E-state index is 13.0. The minimum absolute atomic E-state index is 0.00529. The van der Waals surface area contributed by atoms with Crippen LogP contribution in [0.15, 0.2) is 18.2 Å². The summed E-state index contributed by atoms with van der Waals surface area (Å²) in [5.74, 6) is -0.291. The van der Waals surface area contributed by atoms with Crippen molar-refractivity contribution in [1.29, 1.82) is 0 Å². The maximum atomic E-state index is 13.0. The van der Waals surface area contributed by atoms with E-state index < -0.39 is 17.5 Å². The van der Waals surface area contributed by atoms with E-state index in [2.05, 4.69) is 10.8 Å². The van der Waals surface area contributed by atoms with Crippen LogP contribution in [0, 0.1) is 5.82 Å². The van der Waals surface area contributed by atoms with Crippen molar-refractivity contribution < 1.29 is 18.8 Å². The molecule has 0 saturated heterocycles. The topological polar surface area (TPSA) is 85.6 Å². The van der Waals surface area contributed by atoms with E-state index >= 15 is 0 Å². The highest BCUT2D eigenvalue weighted by Gasteiger charge is 2.15. The van der Waals surface area contributed by atoms with Gasteiger partial charge in [-0.1, -0.05) is 0 Å². The van der Waals surface area contributed by atoms with Crippen molar-refractivity contribution in [1.82, 2.24) is 10.8 Å². The molecule has 0 bridgehead atoms. The third-order valence-electron chi connectivity index (χ3n) is 1.79. The lowest BCUT2D eigenvalue weighted by Gasteiger charge is -2.19. The molecule has 0 aromatic heterocycles. The van der Waals surface area contributed by atoms with E-state index in [-0.39, 0.29) is 18.1 Å². The molecule has 1 amide bonds. The van der Waals surface area contributed by atoms with Crippen LogP contribution >= 0.6 is 0 Å². The van der Waals surface area contributed by atoms with Crippen LogP contribution in [0.25, 0.3) is 0 Å². The van der Waals surface area contributed by atoms with E-state index in [1.165, 1.54) is 12.1 Å². The van der Waals surface area contributed by atoms with Gasteiger partial charge in [0.15, 0.2) is 5.75 Å². The van der Waals surface area contributed by atoms with Gasteiger partial charge in [-0.05, 0) is 26.8 Å². The zero-order valence-electron chi connectivity index (χ0n) is 11.1. The molecular weight excluding hydrogens is 253 g/mol. The third kappa shape index (κ3) is 6.46. The Bertz CT molecular complexity index is 426. The molecule has 0 aliphatic carbocycles. The minimum atomic E-state index is -0.581. The summed E-state index contributed by atoms with van der Waals surface area (Å²) in [6, 6.07) is 3.78. The molecule has 1 rings (SSSR count). The second-order valence-electron chi connectivity index (χ2n) is 4.82. The molecule has 6 nitrogen and oxygen atoms in total. The van der Waals surface area contributed by atoms with Gasteiger partial charge >= 0.3 is 6.09 Å². The summed E-state index contributed by atoms with van der Waals surface area (Å²) in [5, 5.41) is 2.42. The van der Waals surface area contributed by atoms with Crippen molar-refractivity contribution in [2.75, 3.05) is 12.4 Å². The SMILES string of the molecule is CC(C)(C)OC(=O)NCNOc1cc(N)cc(F)c1. The van der Waals surface area contributed by atoms with Crippen LogP contribution in [0.3, 0.4) is 0 Å². The third-order valence-corrected chi connectivity index (χ3v) is 1.79. The summed E-state index contributed by atoms with van der Waals surface area (Å²) in [6.45, 7) is 5.27. The number of anilines is 1. The van der Waals surface area contributed by atoms with Crippen molar-refractivity contribution in [3.05, 3.63) is 24.0 Å². The number of ether oxygens (including phenoxy) is 1. The number of rotatable bonds is 4. The molecule has 0 unspecified atom stereocenters. The number of nitrogens with two attached hydrogens (primary N) is 1. The lowest BCUT2D eigenvalue weighted by molar-refractivity contribution is 0.0494. The number of carbonyl (C=O) groups excluding carboxylic acids is 1. The number of hydrogen-bond acceptors (Lipinski definition) is 5. The van der Waals surface area contributed by atoms with Crippen LogP contribution in [0.1, 0.15) is 20.8 Å². The molecule has 1 aromatic carbocycles. The molecule has 0 fully saturated rings. The van der Waals surface area contributed by atoms with Crippen LogP contribution in [-0.4, -0.2) is 18.4 Å². The predicted octanol–water partition coefficient (Wildman–Crippen LogP) is 1.77. The average molecular weight is 271 g/mol. The second kappa shape index (κ2) is 6.24. The van der Waals surface area contributed by atoms with Gasteiger partial charge in [0, 0.05) is 17.8 Å². The summed E-state index contributed by atoms with van der Waals surface area (Å²) < 4.78 is 18.0. The first kappa shape index (κ1) is 15.0. The van der Waals surface area contributed by atoms with Gasteiger partial charge in [-0.25, -0.2) is 9.18 Å². The molecule has 0 saturated carbocycles. The minimum Gasteiger partial charge on any atom is -0.444 e. The smallest absolute Gasteiger partial charge is 0.408 e. The predicted molar refractivity (Wildman–Crippen MR) is 68.8 cm³/mol. The highest BCUT2D eigenvalue weighted by molar-refractivity contribution is 5.67. The lowest BCUT2D eigenvalue weighted by Crippen LogP contribution is -2.39. The molecular formula is C12H18FN3O3. The fourth-order valence-electron chi connectivity index (χ4n) is 1.19. The number of hydroxylamine groups is 1. The molecule has 0 atom stereocenters. The molecule has 0 aliphatic heterocycles. The number of hydrogen-bond donors (Lipinski definition) is 3. The fraction of sp³-hybridized carbons (Fsp3) is 0.417. The normalized spacial score (nSPS) is 10.9. The van der Waals surface area contributed by atoms with E-state index in [9.17, 15) is 9.18 Å². The summed E-state index contributed by atoms with van der Waals surface area (Å²) in [7, 11) is 0. The average Bonchev–Trinajstić information content (AvgIpc) is 2.20. The van der Waals surface area contributed by atoms with Crippen molar-refractivity contribution in [3.8, 4) is 5.75 Å². The molecule has 19 heavy (non-hydrogen) atoms. The highest BCUT2D eigenvalue weighted by atomic mass is 19.1. The van der Waals surface area contributed by atoms with Gasteiger partial charge in [0.2, 0.25) is 0 Å². The molecule has 106 valence electrons. The van der Waals surface area contributed by atoms with Crippen LogP contribution in [-0.2, 0) is 4.74 Å². The van der Waals surface area contributed by atoms with Gasteiger partial charge in [0.05, 0.1) is 0 Å². The van der Waals surface area contributed by atoms with Crippen LogP contribution in [0.2, 0.25) is 0 Å². The standard InChI is InChI=1S/C12H18FN3O3/c1-12(2,3)18-11(17)15-7-16-19-10-5-8(13)4-9(14)6-10/h4-6,16H,7,14H2,1-3H3,(H,15,17). The second-order valence-corrected chi connectivity index (χ2v) is 4.82. The Balaban J connectivity index is 2.29. The van der Waals surface area contributed by atoms with Crippen LogP contribution in [0.4, 0.5) is 14.9 Å². The molecule has 0 aliphatic rings. The van der Waals surface area contributed by atoms with Gasteiger partial charge in [0.1, 0.15) is 18.1 Å². The van der Waals surface area contributed by atoms with Crippen molar-refractivity contribution in [3.63, 3.8) is 0 Å². The van der Waals surface area contributed by atoms with Gasteiger partial charge in [-0.15, -0.1) is 5.48 Å². The molecule has 0 spiro atoms. The number of alkyl carbamates (subject to hydrolysis) is 1. The zero-order valence-corrected chi connectivity index (χ0v) is 11.1. The summed E-state index contributed by atoms with van der Waals surface area (Å²) in [5.41, 5.74) is 7.56. The van der Waals surface area contributed by atoms with Crippen molar-refractivity contribution >= 4 is 11.8 Å². The number of benzene rings is 1. The zero-order chi connectivity index (χ0) is 14.5. The Labute approximate surface area is 111 Å². The number of carbonyl (C=O) groups is 1. The molecule has 0 radical (unpaired) electrons. The number of amides is 1. The number of nitrogen functional groups attached to an aromatic ring is 1. The van der Waals surface area contributed by atoms with Crippen LogP contribution < -0.4 is 21.4 Å². The Morgan fingerprint density at radius 3 is 2.63 bits per heavy atom. The Kier molecular flexibility index (Phi) is 4.94. The Morgan fingerprint density at radius 2 is 2.05 bits per heavy atom. The van der Waals surface area contributed by atoms with Gasteiger partial charge in [-0.3, -0.25) is 0 Å². The van der Waals surface area contributed by atoms with Crippen molar-refractivity contribution in [2.24, 2.45) is 0 Å². The summed E-state index contributed by atoms with van der Waals surface area (Å²) in [4.78, 5) is 16.3. The van der Waals surface area contributed by atoms with E-state index in [0.717, 1.165) is 6.07 Å². The summed E-state index contributed by atoms with van der Waals surface area (Å²) in [6.07, 6.45) is -0.581. The van der Waals surface area contributed by atoms with Gasteiger partial charge in [0.25, 0.3) is 0 Å². The number of nitrogens with one attached hydrogen (secondary N) is 2. The quantitative estimate of drug-likeness (QED) is 0.336. The molecule has 4 N–H and O–H groups in total. The number of halogens is 1. The monoisotopic (exact) mass is 271 g/mol. The lowest BCUT2D eigenvalue weighted by atomic mass is 10.2. The first-order chi connectivity index (χ1) is 8.76.